The van der Waals surface area contributed by atoms with E-state index in [0.717, 1.165) is 24.0 Å². The molecule has 7 heteroatoms. The Morgan fingerprint density at radius 2 is 1.96 bits per heavy atom. The van der Waals surface area contributed by atoms with Gasteiger partial charge in [-0.3, -0.25) is 4.79 Å². The molecule has 2 aromatic rings. The van der Waals surface area contributed by atoms with Crippen LogP contribution in [-0.2, 0) is 14.3 Å². The van der Waals surface area contributed by atoms with Gasteiger partial charge in [-0.2, -0.15) is 0 Å². The minimum absolute atomic E-state index is 0.130. The van der Waals surface area contributed by atoms with Crippen molar-refractivity contribution in [2.75, 3.05) is 32.1 Å². The number of rotatable bonds is 4. The molecular weight excluding hydrogens is 322 g/mol. The fourth-order valence-corrected chi connectivity index (χ4v) is 3.47. The minimum atomic E-state index is -0.507. The number of fused-ring (bicyclic) bond motifs is 1. The molecule has 3 rings (SSSR count). The summed E-state index contributed by atoms with van der Waals surface area (Å²) in [5.74, 6) is -0.640. The number of aromatic amines is 1. The van der Waals surface area contributed by atoms with Gasteiger partial charge in [-0.25, -0.2) is 4.79 Å². The van der Waals surface area contributed by atoms with Crippen LogP contribution >= 0.6 is 0 Å². The first-order valence-electron chi connectivity index (χ1n) is 8.45. The topological polar surface area (TPSA) is 84.9 Å². The van der Waals surface area contributed by atoms with Crippen LogP contribution in [0.25, 0.3) is 10.9 Å². The zero-order chi connectivity index (χ0) is 18.0. The van der Waals surface area contributed by atoms with E-state index in [1.54, 1.807) is 0 Å². The molecule has 1 fully saturated rings. The molecule has 2 heterocycles. The van der Waals surface area contributed by atoms with Crippen LogP contribution in [0.15, 0.2) is 24.3 Å². The third kappa shape index (κ3) is 3.83. The maximum Gasteiger partial charge on any atom is 0.356 e. The zero-order valence-electron chi connectivity index (χ0n) is 14.7. The molecule has 25 heavy (non-hydrogen) atoms. The van der Waals surface area contributed by atoms with Gasteiger partial charge in [0.2, 0.25) is 0 Å². The predicted octanol–water partition coefficient (Wildman–Crippen LogP) is 0.585. The molecule has 1 aliphatic rings. The molecule has 0 unspecified atom stereocenters. The Morgan fingerprint density at radius 3 is 2.64 bits per heavy atom. The van der Waals surface area contributed by atoms with Crippen molar-refractivity contribution in [3.05, 3.63) is 30.0 Å². The number of morpholine rings is 1. The number of nitrogens with one attached hydrogen (secondary N) is 3. The second-order valence-corrected chi connectivity index (χ2v) is 6.55. The summed E-state index contributed by atoms with van der Waals surface area (Å²) >= 11 is 0. The van der Waals surface area contributed by atoms with Crippen LogP contribution in [0.4, 0.5) is 5.69 Å². The monoisotopic (exact) mass is 346 g/mol. The lowest BCUT2D eigenvalue weighted by molar-refractivity contribution is -0.907. The summed E-state index contributed by atoms with van der Waals surface area (Å²) in [5.41, 5.74) is 1.51. The maximum atomic E-state index is 12.6. The van der Waals surface area contributed by atoms with Crippen molar-refractivity contribution in [1.82, 2.24) is 4.98 Å². The summed E-state index contributed by atoms with van der Waals surface area (Å²) in [6, 6.07) is 7.45. The van der Waals surface area contributed by atoms with Crippen LogP contribution in [-0.4, -0.2) is 55.8 Å². The average molecular weight is 346 g/mol. The number of esters is 1. The Balaban J connectivity index is 1.79. The summed E-state index contributed by atoms with van der Waals surface area (Å²) in [5, 5.41) is 3.68. The highest BCUT2D eigenvalue weighted by Gasteiger charge is 2.28. The number of para-hydroxylation sites is 1. The number of hydrogen-bond donors (Lipinski definition) is 3. The third-order valence-electron chi connectivity index (χ3n) is 4.39. The van der Waals surface area contributed by atoms with E-state index in [-0.39, 0.29) is 23.8 Å². The smallest absolute Gasteiger partial charge is 0.356 e. The Labute approximate surface area is 146 Å². The molecule has 1 aliphatic heterocycles. The summed E-state index contributed by atoms with van der Waals surface area (Å²) in [4.78, 5) is 28.8. The number of H-pyrrole nitrogens is 1. The minimum Gasteiger partial charge on any atom is -0.464 e. The van der Waals surface area contributed by atoms with Crippen LogP contribution in [0.2, 0.25) is 0 Å². The highest BCUT2D eigenvalue weighted by molar-refractivity contribution is 6.11. The number of ether oxygens (including phenoxy) is 2. The molecule has 2 atom stereocenters. The molecule has 0 spiro atoms. The molecule has 1 aromatic heterocycles. The summed E-state index contributed by atoms with van der Waals surface area (Å²) < 4.78 is 10.5. The first-order valence-corrected chi connectivity index (χ1v) is 8.45. The molecule has 3 N–H and O–H groups in total. The van der Waals surface area contributed by atoms with Gasteiger partial charge in [-0.05, 0) is 19.9 Å². The molecule has 1 saturated heterocycles. The van der Waals surface area contributed by atoms with Crippen LogP contribution in [0.5, 0.6) is 0 Å². The van der Waals surface area contributed by atoms with E-state index < -0.39 is 5.97 Å². The van der Waals surface area contributed by atoms with Crippen molar-refractivity contribution in [2.45, 2.75) is 26.1 Å². The third-order valence-corrected chi connectivity index (χ3v) is 4.39. The van der Waals surface area contributed by atoms with Gasteiger partial charge in [-0.1, -0.05) is 18.2 Å². The second kappa shape index (κ2) is 7.25. The summed E-state index contributed by atoms with van der Waals surface area (Å²) in [7, 11) is 1.32. The number of benzene rings is 1. The van der Waals surface area contributed by atoms with Crippen LogP contribution in [0.3, 0.4) is 0 Å². The van der Waals surface area contributed by atoms with E-state index in [2.05, 4.69) is 10.3 Å². The van der Waals surface area contributed by atoms with Gasteiger partial charge in [-0.15, -0.1) is 0 Å². The lowest BCUT2D eigenvalue weighted by Gasteiger charge is -2.31. The molecule has 1 aromatic carbocycles. The number of anilines is 1. The van der Waals surface area contributed by atoms with E-state index in [9.17, 15) is 9.59 Å². The number of aromatic nitrogens is 1. The highest BCUT2D eigenvalue weighted by Crippen LogP contribution is 2.28. The number of hydrogen-bond acceptors (Lipinski definition) is 4. The van der Waals surface area contributed by atoms with Gasteiger partial charge in [0, 0.05) is 10.9 Å². The molecular formula is C18H24N3O4+. The number of carbonyl (C=O) groups is 2. The zero-order valence-corrected chi connectivity index (χ0v) is 14.7. The number of carbonyl (C=O) groups excluding carboxylic acids is 2. The van der Waals surface area contributed by atoms with Crippen molar-refractivity contribution >= 4 is 28.5 Å². The predicted molar refractivity (Wildman–Crippen MR) is 93.8 cm³/mol. The number of methoxy groups -OCH3 is 1. The first-order chi connectivity index (χ1) is 12.0. The molecule has 0 radical (unpaired) electrons. The molecule has 1 amide bonds. The van der Waals surface area contributed by atoms with Gasteiger partial charge in [0.1, 0.15) is 31.0 Å². The first kappa shape index (κ1) is 17.4. The maximum absolute atomic E-state index is 12.6. The number of amides is 1. The van der Waals surface area contributed by atoms with Crippen LogP contribution in [0.1, 0.15) is 24.3 Å². The van der Waals surface area contributed by atoms with Crippen LogP contribution in [0, 0.1) is 0 Å². The Kier molecular flexibility index (Phi) is 5.06. The average Bonchev–Trinajstić information content (AvgIpc) is 2.92. The molecule has 0 aliphatic carbocycles. The molecule has 7 nitrogen and oxygen atoms in total. The quantitative estimate of drug-likeness (QED) is 0.707. The largest absolute Gasteiger partial charge is 0.464 e. The summed E-state index contributed by atoms with van der Waals surface area (Å²) in [6.07, 6.45) is 0.260. The van der Waals surface area contributed by atoms with Crippen molar-refractivity contribution in [3.8, 4) is 0 Å². The fraction of sp³-hybridized carbons (Fsp3) is 0.444. The lowest BCUT2D eigenvalue weighted by atomic mass is 10.2. The van der Waals surface area contributed by atoms with E-state index in [0.29, 0.717) is 12.2 Å². The van der Waals surface area contributed by atoms with Gasteiger partial charge < -0.3 is 24.7 Å². The fourth-order valence-electron chi connectivity index (χ4n) is 3.47. The number of quaternary nitrogens is 1. The normalized spacial score (nSPS) is 23.4. The van der Waals surface area contributed by atoms with Gasteiger partial charge in [0.15, 0.2) is 6.54 Å². The Hall–Kier alpha value is -2.38. The van der Waals surface area contributed by atoms with E-state index in [4.69, 9.17) is 9.47 Å². The van der Waals surface area contributed by atoms with Gasteiger partial charge in [0.05, 0.1) is 12.8 Å². The van der Waals surface area contributed by atoms with E-state index >= 15 is 0 Å². The van der Waals surface area contributed by atoms with E-state index in [1.807, 2.05) is 38.1 Å². The van der Waals surface area contributed by atoms with Crippen molar-refractivity contribution < 1.29 is 24.0 Å². The summed E-state index contributed by atoms with van der Waals surface area (Å²) in [6.45, 7) is 5.94. The second-order valence-electron chi connectivity index (χ2n) is 6.55. The molecule has 0 bridgehead atoms. The van der Waals surface area contributed by atoms with Crippen LogP contribution < -0.4 is 10.2 Å². The van der Waals surface area contributed by atoms with Crippen molar-refractivity contribution in [2.24, 2.45) is 0 Å². The Morgan fingerprint density at radius 1 is 1.28 bits per heavy atom. The standard InChI is InChI=1S/C18H23N3O4/c1-11-8-21(9-12(2)25-11)10-15(22)20-16-13-6-4-5-7-14(13)19-17(16)18(23)24-3/h4-7,11-12,19H,8-10H2,1-3H3,(H,20,22)/p+1/t11-,12-/m0/s1. The molecule has 134 valence electrons. The highest BCUT2D eigenvalue weighted by atomic mass is 16.5. The van der Waals surface area contributed by atoms with Gasteiger partial charge in [0.25, 0.3) is 5.91 Å². The van der Waals surface area contributed by atoms with Crippen molar-refractivity contribution in [3.63, 3.8) is 0 Å². The van der Waals surface area contributed by atoms with Gasteiger partial charge >= 0.3 is 5.97 Å². The van der Waals surface area contributed by atoms with E-state index in [1.165, 1.54) is 12.0 Å². The molecule has 0 saturated carbocycles. The lowest BCUT2D eigenvalue weighted by Crippen LogP contribution is -3.16. The SMILES string of the molecule is COC(=O)c1[nH]c2ccccc2c1NC(=O)C[NH+]1C[C@H](C)O[C@@H](C)C1. The van der Waals surface area contributed by atoms with Crippen molar-refractivity contribution in [1.29, 1.82) is 0 Å². The Bertz CT molecular complexity index is 776.